The van der Waals surface area contributed by atoms with Gasteiger partial charge in [-0.1, -0.05) is 13.0 Å². The number of carbonyl (C=O) groups is 2. The molecule has 0 radical (unpaired) electrons. The molecule has 23 heavy (non-hydrogen) atoms. The van der Waals surface area contributed by atoms with Gasteiger partial charge in [0.1, 0.15) is 11.4 Å². The van der Waals surface area contributed by atoms with Crippen LogP contribution in [0.1, 0.15) is 59.3 Å². The molecular formula is C20H24O3. The number of rotatable bonds is 0. The standard InChI is InChI=1S/C20H24O3/c1-11-10-12-6-4-5-7-13(12)16-15(11)19-14(17(21)18(16)22)8-9-20(2,3)23-19/h10-11,15H,4-9H2,1-3H3. The van der Waals surface area contributed by atoms with Crippen molar-refractivity contribution >= 4 is 11.6 Å². The van der Waals surface area contributed by atoms with Gasteiger partial charge in [0.05, 0.1) is 5.92 Å². The third-order valence-corrected chi connectivity index (χ3v) is 5.80. The molecule has 3 nitrogen and oxygen atoms in total. The minimum atomic E-state index is -0.312. The monoisotopic (exact) mass is 312 g/mol. The lowest BCUT2D eigenvalue weighted by molar-refractivity contribution is -0.134. The van der Waals surface area contributed by atoms with Crippen molar-refractivity contribution in [3.63, 3.8) is 0 Å². The maximum Gasteiger partial charge on any atom is 0.232 e. The first kappa shape index (κ1) is 14.9. The van der Waals surface area contributed by atoms with Gasteiger partial charge in [-0.25, -0.2) is 0 Å². The summed E-state index contributed by atoms with van der Waals surface area (Å²) >= 11 is 0. The smallest absolute Gasteiger partial charge is 0.232 e. The van der Waals surface area contributed by atoms with Crippen molar-refractivity contribution in [3.05, 3.63) is 34.1 Å². The molecule has 0 spiro atoms. The Bertz CT molecular complexity index is 702. The second kappa shape index (κ2) is 4.93. The minimum Gasteiger partial charge on any atom is -0.491 e. The van der Waals surface area contributed by atoms with Gasteiger partial charge in [0, 0.05) is 11.1 Å². The number of ether oxygens (including phenoxy) is 1. The fraction of sp³-hybridized carbons (Fsp3) is 0.600. The third kappa shape index (κ3) is 2.16. The average Bonchev–Trinajstić information content (AvgIpc) is 2.50. The number of hydrogen-bond acceptors (Lipinski definition) is 3. The van der Waals surface area contributed by atoms with Gasteiger partial charge in [0.2, 0.25) is 11.6 Å². The van der Waals surface area contributed by atoms with Crippen LogP contribution in [0.25, 0.3) is 0 Å². The Labute approximate surface area is 137 Å². The van der Waals surface area contributed by atoms with E-state index in [4.69, 9.17) is 4.74 Å². The Kier molecular flexibility index (Phi) is 3.20. The van der Waals surface area contributed by atoms with E-state index >= 15 is 0 Å². The molecular weight excluding hydrogens is 288 g/mol. The Hall–Kier alpha value is -1.64. The van der Waals surface area contributed by atoms with Gasteiger partial charge in [-0.2, -0.15) is 0 Å². The molecule has 122 valence electrons. The average molecular weight is 312 g/mol. The maximum atomic E-state index is 12.9. The zero-order chi connectivity index (χ0) is 16.4. The summed E-state index contributed by atoms with van der Waals surface area (Å²) in [7, 11) is 0. The van der Waals surface area contributed by atoms with E-state index in [0.717, 1.165) is 42.6 Å². The topological polar surface area (TPSA) is 43.4 Å². The van der Waals surface area contributed by atoms with Gasteiger partial charge in [-0.3, -0.25) is 9.59 Å². The largest absolute Gasteiger partial charge is 0.491 e. The SMILES string of the molecule is CC1C=C2CCCCC2=C2C(=O)C(=O)C3=C(OC(C)(C)CC3)C21. The second-order valence-electron chi connectivity index (χ2n) is 7.99. The summed E-state index contributed by atoms with van der Waals surface area (Å²) < 4.78 is 6.26. The molecule has 2 unspecified atom stereocenters. The zero-order valence-corrected chi connectivity index (χ0v) is 14.2. The molecule has 4 rings (SSSR count). The van der Waals surface area contributed by atoms with Crippen molar-refractivity contribution in [3.8, 4) is 0 Å². The summed E-state index contributed by atoms with van der Waals surface area (Å²) in [4.78, 5) is 25.5. The lowest BCUT2D eigenvalue weighted by Gasteiger charge is -2.43. The molecule has 3 heteroatoms. The van der Waals surface area contributed by atoms with E-state index in [1.165, 1.54) is 12.0 Å². The number of allylic oxidation sites excluding steroid dienone is 5. The molecule has 1 heterocycles. The Balaban J connectivity index is 1.90. The van der Waals surface area contributed by atoms with Crippen LogP contribution in [0.3, 0.4) is 0 Å². The molecule has 1 aliphatic heterocycles. The lowest BCUT2D eigenvalue weighted by Crippen LogP contribution is -2.43. The van der Waals surface area contributed by atoms with Gasteiger partial charge in [0.15, 0.2) is 0 Å². The number of Topliss-reactive ketones (excluding diaryl/α,β-unsaturated/α-hetero) is 2. The predicted octanol–water partition coefficient (Wildman–Crippen LogP) is 4.04. The first-order valence-corrected chi connectivity index (χ1v) is 8.84. The highest BCUT2D eigenvalue weighted by atomic mass is 16.5. The van der Waals surface area contributed by atoms with E-state index in [1.54, 1.807) is 0 Å². The normalized spacial score (nSPS) is 32.7. The first-order chi connectivity index (χ1) is 10.9. The molecule has 0 N–H and O–H groups in total. The van der Waals surface area contributed by atoms with Gasteiger partial charge in [0.25, 0.3) is 0 Å². The van der Waals surface area contributed by atoms with Crippen LogP contribution in [0.5, 0.6) is 0 Å². The van der Waals surface area contributed by atoms with Crippen LogP contribution < -0.4 is 0 Å². The zero-order valence-electron chi connectivity index (χ0n) is 14.2. The van der Waals surface area contributed by atoms with Crippen LogP contribution in [-0.2, 0) is 14.3 Å². The highest BCUT2D eigenvalue weighted by molar-refractivity contribution is 6.50. The summed E-state index contributed by atoms with van der Waals surface area (Å²) in [5.74, 6) is 0.394. The van der Waals surface area contributed by atoms with Crippen molar-refractivity contribution in [1.29, 1.82) is 0 Å². The van der Waals surface area contributed by atoms with Crippen molar-refractivity contribution in [1.82, 2.24) is 0 Å². The fourth-order valence-electron chi connectivity index (χ4n) is 4.63. The number of hydrogen-bond donors (Lipinski definition) is 0. The van der Waals surface area contributed by atoms with Crippen molar-refractivity contribution in [2.45, 2.75) is 64.9 Å². The van der Waals surface area contributed by atoms with Crippen LogP contribution >= 0.6 is 0 Å². The van der Waals surface area contributed by atoms with E-state index < -0.39 is 0 Å². The highest BCUT2D eigenvalue weighted by Gasteiger charge is 2.48. The lowest BCUT2D eigenvalue weighted by atomic mass is 9.65. The third-order valence-electron chi connectivity index (χ3n) is 5.80. The molecule has 0 aromatic carbocycles. The van der Waals surface area contributed by atoms with Gasteiger partial charge in [-0.05, 0) is 69.4 Å². The summed E-state index contributed by atoms with van der Waals surface area (Å²) in [6.45, 7) is 6.29. The van der Waals surface area contributed by atoms with E-state index in [1.807, 2.05) is 0 Å². The van der Waals surface area contributed by atoms with Crippen LogP contribution in [0.2, 0.25) is 0 Å². The quantitative estimate of drug-likeness (QED) is 0.634. The number of fused-ring (bicyclic) bond motifs is 3. The van der Waals surface area contributed by atoms with E-state index in [-0.39, 0.29) is 29.0 Å². The molecule has 1 saturated carbocycles. The molecule has 0 bridgehead atoms. The van der Waals surface area contributed by atoms with E-state index in [0.29, 0.717) is 12.0 Å². The van der Waals surface area contributed by atoms with Crippen molar-refractivity contribution in [2.24, 2.45) is 11.8 Å². The van der Waals surface area contributed by atoms with Crippen LogP contribution in [0.4, 0.5) is 0 Å². The minimum absolute atomic E-state index is 0.0494. The molecule has 0 amide bonds. The maximum absolute atomic E-state index is 12.9. The molecule has 3 aliphatic carbocycles. The van der Waals surface area contributed by atoms with Crippen molar-refractivity contribution in [2.75, 3.05) is 0 Å². The van der Waals surface area contributed by atoms with E-state index in [9.17, 15) is 9.59 Å². The fourth-order valence-corrected chi connectivity index (χ4v) is 4.63. The van der Waals surface area contributed by atoms with E-state index in [2.05, 4.69) is 26.8 Å². The van der Waals surface area contributed by atoms with Crippen molar-refractivity contribution < 1.29 is 14.3 Å². The number of ketones is 2. The van der Waals surface area contributed by atoms with Crippen LogP contribution in [0.15, 0.2) is 34.1 Å². The molecule has 0 saturated heterocycles. The van der Waals surface area contributed by atoms with Gasteiger partial charge in [-0.15, -0.1) is 0 Å². The summed E-state index contributed by atoms with van der Waals surface area (Å²) in [5, 5.41) is 0. The summed E-state index contributed by atoms with van der Waals surface area (Å²) in [6.07, 6.45) is 8.03. The number of carbonyl (C=O) groups excluding carboxylic acids is 2. The highest BCUT2D eigenvalue weighted by Crippen LogP contribution is 2.50. The first-order valence-electron chi connectivity index (χ1n) is 8.84. The van der Waals surface area contributed by atoms with Gasteiger partial charge < -0.3 is 4.74 Å². The summed E-state index contributed by atoms with van der Waals surface area (Å²) in [6, 6.07) is 0. The predicted molar refractivity (Wildman–Crippen MR) is 87.7 cm³/mol. The van der Waals surface area contributed by atoms with Crippen LogP contribution in [-0.4, -0.2) is 17.2 Å². The molecule has 4 aliphatic rings. The molecule has 0 aromatic rings. The van der Waals surface area contributed by atoms with Gasteiger partial charge >= 0.3 is 0 Å². The van der Waals surface area contributed by atoms with Crippen LogP contribution in [0, 0.1) is 11.8 Å². The Morgan fingerprint density at radius 3 is 2.57 bits per heavy atom. The molecule has 0 aromatic heterocycles. The molecule has 2 atom stereocenters. The second-order valence-corrected chi connectivity index (χ2v) is 7.99. The Morgan fingerprint density at radius 1 is 1.04 bits per heavy atom. The molecule has 1 fully saturated rings. The Morgan fingerprint density at radius 2 is 1.78 bits per heavy atom. The summed E-state index contributed by atoms with van der Waals surface area (Å²) in [5.41, 5.74) is 3.59.